The molecule has 2 rings (SSSR count). The van der Waals surface area contributed by atoms with Crippen LogP contribution in [-0.4, -0.2) is 18.8 Å². The molecule has 22 heavy (non-hydrogen) atoms. The van der Waals surface area contributed by atoms with Gasteiger partial charge in [-0.3, -0.25) is 0 Å². The Morgan fingerprint density at radius 2 is 1.73 bits per heavy atom. The van der Waals surface area contributed by atoms with Gasteiger partial charge in [0.1, 0.15) is 11.5 Å². The van der Waals surface area contributed by atoms with Gasteiger partial charge in [0.2, 0.25) is 0 Å². The van der Waals surface area contributed by atoms with Crippen molar-refractivity contribution in [2.75, 3.05) is 7.11 Å². The van der Waals surface area contributed by atoms with E-state index in [2.05, 4.69) is 5.16 Å². The first-order chi connectivity index (χ1) is 10.7. The van der Waals surface area contributed by atoms with Crippen LogP contribution in [0.25, 0.3) is 6.08 Å². The molecule has 0 atom stereocenters. The van der Waals surface area contributed by atoms with Gasteiger partial charge in [-0.2, -0.15) is 0 Å². The van der Waals surface area contributed by atoms with Gasteiger partial charge in [0.05, 0.1) is 7.11 Å². The molecule has 112 valence electrons. The molecule has 0 heterocycles. The highest BCUT2D eigenvalue weighted by Gasteiger charge is 2.03. The minimum absolute atomic E-state index is 0.459. The normalized spacial score (nSPS) is 11.5. The molecule has 0 N–H and O–H groups in total. The number of allylic oxidation sites excluding steroid dienone is 1. The van der Waals surface area contributed by atoms with Crippen LogP contribution in [0.15, 0.2) is 65.8 Å². The smallest absolute Gasteiger partial charge is 0.332 e. The summed E-state index contributed by atoms with van der Waals surface area (Å²) >= 11 is 0. The summed E-state index contributed by atoms with van der Waals surface area (Å²) in [6.07, 6.45) is 3.71. The molecule has 0 bridgehead atoms. The molecule has 0 aliphatic carbocycles. The Morgan fingerprint density at radius 1 is 1.05 bits per heavy atom. The van der Waals surface area contributed by atoms with Crippen LogP contribution >= 0.6 is 0 Å². The maximum absolute atomic E-state index is 11.0. The monoisotopic (exact) mass is 295 g/mol. The second-order valence-corrected chi connectivity index (χ2v) is 4.53. The first-order valence-corrected chi connectivity index (χ1v) is 6.82. The number of rotatable bonds is 5. The lowest BCUT2D eigenvalue weighted by Crippen LogP contribution is -2.01. The summed E-state index contributed by atoms with van der Waals surface area (Å²) in [6.45, 7) is 1.32. The van der Waals surface area contributed by atoms with Gasteiger partial charge >= 0.3 is 5.97 Å². The van der Waals surface area contributed by atoms with Gasteiger partial charge in [-0.1, -0.05) is 41.6 Å². The fourth-order valence-corrected chi connectivity index (χ4v) is 1.79. The summed E-state index contributed by atoms with van der Waals surface area (Å²) in [6, 6.07) is 17.2. The van der Waals surface area contributed by atoms with Crippen molar-refractivity contribution >= 4 is 17.8 Å². The van der Waals surface area contributed by atoms with Crippen molar-refractivity contribution < 1.29 is 14.4 Å². The first-order valence-electron chi connectivity index (χ1n) is 6.82. The van der Waals surface area contributed by atoms with Gasteiger partial charge in [0.15, 0.2) is 0 Å². The van der Waals surface area contributed by atoms with E-state index in [9.17, 15) is 4.79 Å². The molecule has 4 heteroatoms. The molecule has 0 amide bonds. The van der Waals surface area contributed by atoms with E-state index in [0.717, 1.165) is 16.9 Å². The van der Waals surface area contributed by atoms with Crippen molar-refractivity contribution in [3.8, 4) is 5.75 Å². The van der Waals surface area contributed by atoms with Crippen molar-refractivity contribution in [3.05, 3.63) is 71.8 Å². The maximum Gasteiger partial charge on any atom is 0.332 e. The van der Waals surface area contributed by atoms with Gasteiger partial charge in [0, 0.05) is 12.5 Å². The molecule has 0 saturated heterocycles. The largest absolute Gasteiger partial charge is 0.497 e. The number of benzene rings is 2. The molecule has 0 radical (unpaired) electrons. The summed E-state index contributed by atoms with van der Waals surface area (Å²) in [7, 11) is 1.61. The van der Waals surface area contributed by atoms with Gasteiger partial charge in [-0.05, 0) is 35.9 Å². The fraction of sp³-hybridized carbons (Fsp3) is 0.111. The third-order valence-corrected chi connectivity index (χ3v) is 2.89. The molecule has 0 unspecified atom stereocenters. The lowest BCUT2D eigenvalue weighted by molar-refractivity contribution is -0.140. The average molecular weight is 295 g/mol. The number of carbonyl (C=O) groups excluding carboxylic acids is 1. The van der Waals surface area contributed by atoms with Crippen molar-refractivity contribution in [1.29, 1.82) is 0 Å². The Bertz CT molecular complexity index is 673. The van der Waals surface area contributed by atoms with Crippen LogP contribution in [-0.2, 0) is 9.63 Å². The second-order valence-electron chi connectivity index (χ2n) is 4.53. The van der Waals surface area contributed by atoms with E-state index < -0.39 is 5.97 Å². The number of nitrogens with zero attached hydrogens (tertiary/aromatic N) is 1. The lowest BCUT2D eigenvalue weighted by Gasteiger charge is -2.03. The highest BCUT2D eigenvalue weighted by atomic mass is 16.7. The van der Waals surface area contributed by atoms with Gasteiger partial charge in [-0.25, -0.2) is 4.79 Å². The van der Waals surface area contributed by atoms with E-state index in [1.54, 1.807) is 13.2 Å². The summed E-state index contributed by atoms with van der Waals surface area (Å²) in [5, 5.41) is 3.90. The minimum Gasteiger partial charge on any atom is -0.497 e. The van der Waals surface area contributed by atoms with E-state index in [1.807, 2.05) is 60.7 Å². The Labute approximate surface area is 129 Å². The second kappa shape index (κ2) is 7.78. The number of oxime groups is 1. The first kappa shape index (κ1) is 15.5. The van der Waals surface area contributed by atoms with Crippen LogP contribution in [0.4, 0.5) is 0 Å². The zero-order valence-corrected chi connectivity index (χ0v) is 12.5. The third-order valence-electron chi connectivity index (χ3n) is 2.89. The van der Waals surface area contributed by atoms with E-state index in [4.69, 9.17) is 9.57 Å². The topological polar surface area (TPSA) is 47.9 Å². The quantitative estimate of drug-likeness (QED) is 0.480. The predicted molar refractivity (Wildman–Crippen MR) is 86.8 cm³/mol. The SMILES string of the molecule is COc1ccc(C(/C=C/c2ccccc2)=N/OC(C)=O)cc1. The molecule has 0 aliphatic heterocycles. The summed E-state index contributed by atoms with van der Waals surface area (Å²) in [5.41, 5.74) is 2.42. The molecule has 0 aliphatic rings. The molecule has 0 saturated carbocycles. The number of methoxy groups -OCH3 is 1. The molecule has 0 aromatic heterocycles. The van der Waals surface area contributed by atoms with Crippen molar-refractivity contribution in [2.24, 2.45) is 5.16 Å². The molecule has 2 aromatic rings. The average Bonchev–Trinajstić information content (AvgIpc) is 2.56. The Hall–Kier alpha value is -2.88. The van der Waals surface area contributed by atoms with Gasteiger partial charge in [0.25, 0.3) is 0 Å². The lowest BCUT2D eigenvalue weighted by atomic mass is 10.1. The van der Waals surface area contributed by atoms with Crippen LogP contribution in [0.5, 0.6) is 5.75 Å². The number of hydrogen-bond donors (Lipinski definition) is 0. The van der Waals surface area contributed by atoms with Crippen molar-refractivity contribution in [1.82, 2.24) is 0 Å². The highest BCUT2D eigenvalue weighted by Crippen LogP contribution is 2.13. The summed E-state index contributed by atoms with van der Waals surface area (Å²) in [4.78, 5) is 15.8. The van der Waals surface area contributed by atoms with E-state index in [1.165, 1.54) is 6.92 Å². The number of carbonyl (C=O) groups is 1. The van der Waals surface area contributed by atoms with Crippen molar-refractivity contribution in [2.45, 2.75) is 6.92 Å². The summed E-state index contributed by atoms with van der Waals surface area (Å²) in [5.74, 6) is 0.293. The zero-order chi connectivity index (χ0) is 15.8. The minimum atomic E-state index is -0.459. The number of ether oxygens (including phenoxy) is 1. The Kier molecular flexibility index (Phi) is 5.49. The Balaban J connectivity index is 2.27. The van der Waals surface area contributed by atoms with E-state index in [-0.39, 0.29) is 0 Å². The van der Waals surface area contributed by atoms with Crippen LogP contribution in [0.2, 0.25) is 0 Å². The number of hydrogen-bond acceptors (Lipinski definition) is 4. The molecule has 4 nitrogen and oxygen atoms in total. The standard InChI is InChI=1S/C18H17NO3/c1-14(20)22-19-18(13-8-15-6-4-3-5-7-15)16-9-11-17(21-2)12-10-16/h3-13H,1-2H3/b13-8+,19-18+. The van der Waals surface area contributed by atoms with Crippen LogP contribution in [0.3, 0.4) is 0 Å². The molecular formula is C18H17NO3. The molecule has 0 spiro atoms. The van der Waals surface area contributed by atoms with Crippen molar-refractivity contribution in [3.63, 3.8) is 0 Å². The van der Waals surface area contributed by atoms with E-state index in [0.29, 0.717) is 5.71 Å². The predicted octanol–water partition coefficient (Wildman–Crippen LogP) is 3.68. The molecule has 0 fully saturated rings. The Morgan fingerprint density at radius 3 is 2.32 bits per heavy atom. The van der Waals surface area contributed by atoms with Crippen LogP contribution in [0.1, 0.15) is 18.1 Å². The third kappa shape index (κ3) is 4.59. The fourth-order valence-electron chi connectivity index (χ4n) is 1.79. The molecule has 2 aromatic carbocycles. The van der Waals surface area contributed by atoms with E-state index >= 15 is 0 Å². The van der Waals surface area contributed by atoms with Crippen LogP contribution in [0, 0.1) is 0 Å². The molecular weight excluding hydrogens is 278 g/mol. The zero-order valence-electron chi connectivity index (χ0n) is 12.5. The summed E-state index contributed by atoms with van der Waals surface area (Å²) < 4.78 is 5.13. The van der Waals surface area contributed by atoms with Crippen LogP contribution < -0.4 is 4.74 Å². The van der Waals surface area contributed by atoms with Gasteiger partial charge in [-0.15, -0.1) is 0 Å². The van der Waals surface area contributed by atoms with Gasteiger partial charge < -0.3 is 9.57 Å². The highest BCUT2D eigenvalue weighted by molar-refractivity contribution is 6.10. The maximum atomic E-state index is 11.0.